The number of hydrogen-bond donors (Lipinski definition) is 2. The summed E-state index contributed by atoms with van der Waals surface area (Å²) in [6.45, 7) is 6.02. The smallest absolute Gasteiger partial charge is 0.191 e. The molecule has 1 aromatic rings. The molecule has 0 amide bonds. The van der Waals surface area contributed by atoms with Crippen LogP contribution in [0, 0.1) is 0 Å². The molecule has 0 spiro atoms. The maximum absolute atomic E-state index is 5.07. The van der Waals surface area contributed by atoms with Crippen molar-refractivity contribution in [3.05, 3.63) is 35.9 Å². The molecule has 2 unspecified atom stereocenters. The van der Waals surface area contributed by atoms with Crippen LogP contribution in [0.4, 0.5) is 0 Å². The van der Waals surface area contributed by atoms with Gasteiger partial charge >= 0.3 is 0 Å². The number of halogens is 1. The average molecular weight is 446 g/mol. The van der Waals surface area contributed by atoms with Gasteiger partial charge in [-0.05, 0) is 25.3 Å². The van der Waals surface area contributed by atoms with Crippen molar-refractivity contribution in [3.63, 3.8) is 0 Å². The molecule has 0 saturated carbocycles. The molecule has 1 heterocycles. The summed E-state index contributed by atoms with van der Waals surface area (Å²) in [6.07, 6.45) is 2.13. The fraction of sp³-hybridized carbons (Fsp3) is 0.611. The Balaban J connectivity index is 0.00000288. The lowest BCUT2D eigenvalue weighted by atomic mass is 10.2. The molecule has 6 heteroatoms. The van der Waals surface area contributed by atoms with Crippen molar-refractivity contribution < 1.29 is 4.74 Å². The van der Waals surface area contributed by atoms with Gasteiger partial charge in [0.1, 0.15) is 0 Å². The van der Waals surface area contributed by atoms with Gasteiger partial charge in [-0.2, -0.15) is 0 Å². The molecule has 1 aliphatic heterocycles. The van der Waals surface area contributed by atoms with Gasteiger partial charge in [0.25, 0.3) is 0 Å². The zero-order valence-electron chi connectivity index (χ0n) is 15.0. The number of aliphatic imine (C=N–C) groups is 1. The lowest BCUT2D eigenvalue weighted by molar-refractivity contribution is 0.195. The van der Waals surface area contributed by atoms with Gasteiger partial charge in [0.15, 0.2) is 5.96 Å². The second-order valence-corrected chi connectivity index (χ2v) is 6.19. The van der Waals surface area contributed by atoms with Gasteiger partial charge in [-0.15, -0.1) is 24.0 Å². The minimum Gasteiger partial charge on any atom is -0.385 e. The van der Waals surface area contributed by atoms with Crippen LogP contribution < -0.4 is 10.6 Å². The standard InChI is InChI=1S/C18H30N4O.HI/c1-15-12-17(21-18(19-2)20-10-7-11-23-3)14-22(15)13-16-8-5-4-6-9-16;/h4-6,8-9,15,17H,7,10-14H2,1-3H3,(H2,19,20,21);1H. The first-order valence-corrected chi connectivity index (χ1v) is 8.47. The molecule has 5 nitrogen and oxygen atoms in total. The molecule has 2 atom stereocenters. The molecule has 2 rings (SSSR count). The van der Waals surface area contributed by atoms with Crippen LogP contribution in [0.5, 0.6) is 0 Å². The van der Waals surface area contributed by atoms with Crippen molar-refractivity contribution >= 4 is 29.9 Å². The second-order valence-electron chi connectivity index (χ2n) is 6.19. The van der Waals surface area contributed by atoms with Gasteiger partial charge in [-0.3, -0.25) is 9.89 Å². The summed E-state index contributed by atoms with van der Waals surface area (Å²) in [5, 5.41) is 6.90. The van der Waals surface area contributed by atoms with Crippen LogP contribution in [0.3, 0.4) is 0 Å². The van der Waals surface area contributed by atoms with Crippen LogP contribution in [0.25, 0.3) is 0 Å². The molecular weight excluding hydrogens is 415 g/mol. The Bertz CT molecular complexity index is 483. The first kappa shape index (κ1) is 21.2. The Labute approximate surface area is 163 Å². The number of nitrogens with zero attached hydrogens (tertiary/aromatic N) is 2. The molecule has 1 aliphatic rings. The van der Waals surface area contributed by atoms with Crippen molar-refractivity contribution in [2.75, 3.05) is 33.9 Å². The topological polar surface area (TPSA) is 48.9 Å². The number of guanidine groups is 1. The average Bonchev–Trinajstić information content (AvgIpc) is 2.91. The summed E-state index contributed by atoms with van der Waals surface area (Å²) in [6, 6.07) is 11.7. The highest BCUT2D eigenvalue weighted by Gasteiger charge is 2.29. The van der Waals surface area contributed by atoms with E-state index in [1.807, 2.05) is 7.05 Å². The fourth-order valence-corrected chi connectivity index (χ4v) is 3.05. The van der Waals surface area contributed by atoms with Gasteiger partial charge in [-0.1, -0.05) is 30.3 Å². The molecule has 0 bridgehead atoms. The monoisotopic (exact) mass is 446 g/mol. The number of nitrogens with one attached hydrogen (secondary N) is 2. The quantitative estimate of drug-likeness (QED) is 0.293. The minimum atomic E-state index is 0. The number of methoxy groups -OCH3 is 1. The molecule has 24 heavy (non-hydrogen) atoms. The zero-order valence-corrected chi connectivity index (χ0v) is 17.3. The van der Waals surface area contributed by atoms with Crippen molar-refractivity contribution in [1.29, 1.82) is 0 Å². The predicted molar refractivity (Wildman–Crippen MR) is 111 cm³/mol. The largest absolute Gasteiger partial charge is 0.385 e. The van der Waals surface area contributed by atoms with E-state index in [0.29, 0.717) is 12.1 Å². The van der Waals surface area contributed by atoms with Crippen molar-refractivity contribution in [2.45, 2.75) is 38.4 Å². The molecule has 1 aromatic carbocycles. The van der Waals surface area contributed by atoms with E-state index < -0.39 is 0 Å². The number of rotatable bonds is 7. The van der Waals surface area contributed by atoms with E-state index in [1.54, 1.807) is 7.11 Å². The summed E-state index contributed by atoms with van der Waals surface area (Å²) >= 11 is 0. The van der Waals surface area contributed by atoms with E-state index >= 15 is 0 Å². The van der Waals surface area contributed by atoms with Gasteiger partial charge in [0, 0.05) is 52.5 Å². The first-order valence-electron chi connectivity index (χ1n) is 8.47. The second kappa shape index (κ2) is 11.7. The van der Waals surface area contributed by atoms with Crippen LogP contribution in [0.15, 0.2) is 35.3 Å². The predicted octanol–water partition coefficient (Wildman–Crippen LogP) is 2.47. The van der Waals surface area contributed by atoms with Gasteiger partial charge in [0.2, 0.25) is 0 Å². The maximum atomic E-state index is 5.07. The summed E-state index contributed by atoms with van der Waals surface area (Å²) in [5.41, 5.74) is 1.38. The highest BCUT2D eigenvalue weighted by atomic mass is 127. The van der Waals surface area contributed by atoms with Crippen LogP contribution in [0.2, 0.25) is 0 Å². The maximum Gasteiger partial charge on any atom is 0.191 e. The van der Waals surface area contributed by atoms with Gasteiger partial charge < -0.3 is 15.4 Å². The number of benzene rings is 1. The highest BCUT2D eigenvalue weighted by molar-refractivity contribution is 14.0. The van der Waals surface area contributed by atoms with E-state index in [-0.39, 0.29) is 24.0 Å². The van der Waals surface area contributed by atoms with Gasteiger partial charge in [-0.25, -0.2) is 0 Å². The molecule has 1 saturated heterocycles. The van der Waals surface area contributed by atoms with Crippen molar-refractivity contribution in [2.24, 2.45) is 4.99 Å². The molecular formula is C18H31IN4O. The Kier molecular flexibility index (Phi) is 10.3. The Morgan fingerprint density at radius 2 is 2.08 bits per heavy atom. The number of hydrogen-bond acceptors (Lipinski definition) is 3. The van der Waals surface area contributed by atoms with E-state index in [0.717, 1.165) is 45.0 Å². The first-order chi connectivity index (χ1) is 11.2. The summed E-state index contributed by atoms with van der Waals surface area (Å²) in [7, 11) is 3.56. The van der Waals surface area contributed by atoms with Crippen molar-refractivity contribution in [3.8, 4) is 0 Å². The third-order valence-corrected chi connectivity index (χ3v) is 4.31. The number of ether oxygens (including phenoxy) is 1. The summed E-state index contributed by atoms with van der Waals surface area (Å²) in [5.74, 6) is 0.889. The molecule has 136 valence electrons. The van der Waals surface area contributed by atoms with Crippen LogP contribution in [0.1, 0.15) is 25.3 Å². The molecule has 1 fully saturated rings. The van der Waals surface area contributed by atoms with E-state index in [2.05, 4.69) is 57.8 Å². The van der Waals surface area contributed by atoms with Crippen LogP contribution >= 0.6 is 24.0 Å². The van der Waals surface area contributed by atoms with Gasteiger partial charge in [0.05, 0.1) is 0 Å². The lowest BCUT2D eigenvalue weighted by Crippen LogP contribution is -2.44. The minimum absolute atomic E-state index is 0. The lowest BCUT2D eigenvalue weighted by Gasteiger charge is -2.21. The highest BCUT2D eigenvalue weighted by Crippen LogP contribution is 2.20. The molecule has 2 N–H and O–H groups in total. The Hall–Kier alpha value is -0.860. The van der Waals surface area contributed by atoms with Crippen LogP contribution in [-0.4, -0.2) is 56.8 Å². The zero-order chi connectivity index (χ0) is 16.5. The third kappa shape index (κ3) is 6.94. The summed E-state index contributed by atoms with van der Waals surface area (Å²) < 4.78 is 5.07. The molecule has 0 aromatic heterocycles. The molecule has 0 radical (unpaired) electrons. The third-order valence-electron chi connectivity index (χ3n) is 4.31. The van der Waals surface area contributed by atoms with E-state index in [4.69, 9.17) is 4.74 Å². The van der Waals surface area contributed by atoms with Crippen LogP contribution in [-0.2, 0) is 11.3 Å². The normalized spacial score (nSPS) is 21.4. The van der Waals surface area contributed by atoms with E-state index in [1.165, 1.54) is 5.56 Å². The Morgan fingerprint density at radius 3 is 2.75 bits per heavy atom. The number of likely N-dealkylation sites (tertiary alicyclic amines) is 1. The van der Waals surface area contributed by atoms with Crippen molar-refractivity contribution in [1.82, 2.24) is 15.5 Å². The SMILES string of the molecule is CN=C(NCCCOC)NC1CC(C)N(Cc2ccccc2)C1.I. The molecule has 0 aliphatic carbocycles. The summed E-state index contributed by atoms with van der Waals surface area (Å²) in [4.78, 5) is 6.85. The fourth-order valence-electron chi connectivity index (χ4n) is 3.05. The van der Waals surface area contributed by atoms with E-state index in [9.17, 15) is 0 Å². The Morgan fingerprint density at radius 1 is 1.33 bits per heavy atom.